The van der Waals surface area contributed by atoms with E-state index in [1.165, 1.54) is 0 Å². The molecule has 18 heavy (non-hydrogen) atoms. The highest BCUT2D eigenvalue weighted by molar-refractivity contribution is 5.76. The first kappa shape index (κ1) is 16.8. The monoisotopic (exact) mass is 264 g/mol. The van der Waals surface area contributed by atoms with Crippen molar-refractivity contribution in [3.8, 4) is 0 Å². The van der Waals surface area contributed by atoms with Crippen molar-refractivity contribution in [1.29, 1.82) is 0 Å². The molecule has 7 heteroatoms. The van der Waals surface area contributed by atoms with Crippen LogP contribution in [-0.4, -0.2) is 47.6 Å². The summed E-state index contributed by atoms with van der Waals surface area (Å²) in [5.74, 6) is -2.48. The maximum atomic E-state index is 11.8. The van der Waals surface area contributed by atoms with E-state index in [-0.39, 0.29) is 19.7 Å². The average molecular weight is 264 g/mol. The summed E-state index contributed by atoms with van der Waals surface area (Å²) in [6.07, 6.45) is 1.11. The van der Waals surface area contributed by atoms with Gasteiger partial charge in [0.05, 0.1) is 6.67 Å². The Labute approximate surface area is 105 Å². The Morgan fingerprint density at radius 1 is 1.11 bits per heavy atom. The molecule has 0 saturated carbocycles. The van der Waals surface area contributed by atoms with Gasteiger partial charge in [0.2, 0.25) is 0 Å². The van der Waals surface area contributed by atoms with E-state index in [0.717, 1.165) is 12.8 Å². The Kier molecular flexibility index (Phi) is 9.13. The summed E-state index contributed by atoms with van der Waals surface area (Å²) in [6, 6.07) is -1.25. The topological polar surface area (TPSA) is 110 Å². The summed E-state index contributed by atoms with van der Waals surface area (Å²) in [7, 11) is 0. The van der Waals surface area contributed by atoms with Crippen molar-refractivity contribution in [2.24, 2.45) is 5.73 Å². The molecular formula is C11H20FNO5. The summed E-state index contributed by atoms with van der Waals surface area (Å²) >= 11 is 0. The van der Waals surface area contributed by atoms with E-state index in [0.29, 0.717) is 12.8 Å². The van der Waals surface area contributed by atoms with Crippen molar-refractivity contribution < 1.29 is 28.9 Å². The minimum Gasteiger partial charge on any atom is -0.480 e. The van der Waals surface area contributed by atoms with E-state index in [1.807, 2.05) is 0 Å². The van der Waals surface area contributed by atoms with Gasteiger partial charge < -0.3 is 20.7 Å². The van der Waals surface area contributed by atoms with Gasteiger partial charge in [0.25, 0.3) is 0 Å². The highest BCUT2D eigenvalue weighted by atomic mass is 18.2. The van der Waals surface area contributed by atoms with Gasteiger partial charge in [0.15, 0.2) is 6.10 Å². The Bertz CT molecular complexity index is 262. The Morgan fingerprint density at radius 2 is 1.72 bits per heavy atom. The SMILES string of the molecule is NC(CC(OCCCCCC[18F])C(=O)O)C(=O)O. The molecule has 0 bridgehead atoms. The largest absolute Gasteiger partial charge is 0.480 e. The number of carbonyl (C=O) groups is 2. The molecule has 2 unspecified atom stereocenters. The number of hydrogen-bond acceptors (Lipinski definition) is 4. The van der Waals surface area contributed by atoms with Crippen LogP contribution in [0.4, 0.5) is 4.39 Å². The van der Waals surface area contributed by atoms with Crippen LogP contribution in [0.25, 0.3) is 0 Å². The summed E-state index contributed by atoms with van der Waals surface area (Å²) in [5.41, 5.74) is 5.24. The normalized spacial score (nSPS) is 14.1. The molecule has 0 radical (unpaired) electrons. The molecule has 0 aliphatic heterocycles. The van der Waals surface area contributed by atoms with Crippen LogP contribution in [0.2, 0.25) is 0 Å². The molecule has 2 atom stereocenters. The number of ether oxygens (including phenoxy) is 1. The van der Waals surface area contributed by atoms with Crippen LogP contribution in [-0.2, 0) is 14.3 Å². The first-order valence-electron chi connectivity index (χ1n) is 5.87. The first-order chi connectivity index (χ1) is 8.49. The molecule has 0 fully saturated rings. The summed E-state index contributed by atoms with van der Waals surface area (Å²) < 4.78 is 16.8. The number of carboxylic acid groups (broad SMARTS) is 2. The van der Waals surface area contributed by atoms with Crippen LogP contribution in [0.3, 0.4) is 0 Å². The van der Waals surface area contributed by atoms with Gasteiger partial charge in [-0.1, -0.05) is 12.8 Å². The van der Waals surface area contributed by atoms with Crippen LogP contribution in [0.5, 0.6) is 0 Å². The van der Waals surface area contributed by atoms with E-state index < -0.39 is 24.1 Å². The van der Waals surface area contributed by atoms with E-state index in [2.05, 4.69) is 0 Å². The molecule has 0 aliphatic carbocycles. The highest BCUT2D eigenvalue weighted by Gasteiger charge is 2.24. The number of nitrogens with two attached hydrogens (primary N) is 1. The van der Waals surface area contributed by atoms with Crippen LogP contribution in [0.15, 0.2) is 0 Å². The molecule has 0 amide bonds. The fourth-order valence-corrected chi connectivity index (χ4v) is 1.35. The first-order valence-corrected chi connectivity index (χ1v) is 5.87. The fraction of sp³-hybridized carbons (Fsp3) is 0.818. The van der Waals surface area contributed by atoms with Crippen molar-refractivity contribution in [2.45, 2.75) is 44.2 Å². The van der Waals surface area contributed by atoms with Gasteiger partial charge in [-0.25, -0.2) is 4.79 Å². The maximum Gasteiger partial charge on any atom is 0.332 e. The third kappa shape index (κ3) is 7.97. The number of rotatable bonds is 11. The molecular weight excluding hydrogens is 244 g/mol. The van der Waals surface area contributed by atoms with Crippen molar-refractivity contribution >= 4 is 11.9 Å². The predicted molar refractivity (Wildman–Crippen MR) is 62.0 cm³/mol. The molecule has 0 heterocycles. The third-order valence-electron chi connectivity index (χ3n) is 2.41. The highest BCUT2D eigenvalue weighted by Crippen LogP contribution is 2.06. The lowest BCUT2D eigenvalue weighted by Gasteiger charge is -2.15. The van der Waals surface area contributed by atoms with E-state index in [9.17, 15) is 14.0 Å². The lowest BCUT2D eigenvalue weighted by atomic mass is 10.1. The summed E-state index contributed by atoms with van der Waals surface area (Å²) in [6.45, 7) is -0.151. The van der Waals surface area contributed by atoms with Crippen molar-refractivity contribution in [3.63, 3.8) is 0 Å². The van der Waals surface area contributed by atoms with Crippen LogP contribution >= 0.6 is 0 Å². The zero-order valence-electron chi connectivity index (χ0n) is 10.2. The Hall–Kier alpha value is -1.21. The molecule has 0 aromatic heterocycles. The van der Waals surface area contributed by atoms with Crippen LogP contribution < -0.4 is 5.73 Å². The minimum absolute atomic E-state index is 0.204. The van der Waals surface area contributed by atoms with Crippen molar-refractivity contribution in [3.05, 3.63) is 0 Å². The number of carboxylic acids is 2. The second-order valence-corrected chi connectivity index (χ2v) is 3.98. The number of unbranched alkanes of at least 4 members (excludes halogenated alkanes) is 3. The molecule has 0 saturated heterocycles. The van der Waals surface area contributed by atoms with E-state index in [1.54, 1.807) is 0 Å². The predicted octanol–water partition coefficient (Wildman–Crippen LogP) is 0.788. The van der Waals surface area contributed by atoms with Crippen molar-refractivity contribution in [2.75, 3.05) is 13.3 Å². The van der Waals surface area contributed by atoms with Gasteiger partial charge in [-0.15, -0.1) is 0 Å². The van der Waals surface area contributed by atoms with Gasteiger partial charge in [-0.2, -0.15) is 0 Å². The van der Waals surface area contributed by atoms with E-state index >= 15 is 0 Å². The van der Waals surface area contributed by atoms with Gasteiger partial charge in [0, 0.05) is 13.0 Å². The van der Waals surface area contributed by atoms with E-state index in [4.69, 9.17) is 20.7 Å². The summed E-state index contributed by atoms with van der Waals surface area (Å²) in [4.78, 5) is 21.3. The van der Waals surface area contributed by atoms with Gasteiger partial charge in [-0.3, -0.25) is 9.18 Å². The molecule has 6 nitrogen and oxygen atoms in total. The molecule has 0 rings (SSSR count). The van der Waals surface area contributed by atoms with Crippen LogP contribution in [0.1, 0.15) is 32.1 Å². The zero-order valence-corrected chi connectivity index (χ0v) is 10.2. The quantitative estimate of drug-likeness (QED) is 0.476. The van der Waals surface area contributed by atoms with Gasteiger partial charge >= 0.3 is 11.9 Å². The Morgan fingerprint density at radius 3 is 2.22 bits per heavy atom. The molecule has 4 N–H and O–H groups in total. The Balaban J connectivity index is 3.84. The average Bonchev–Trinajstić information content (AvgIpc) is 2.31. The van der Waals surface area contributed by atoms with Crippen LogP contribution in [0, 0.1) is 0 Å². The fourth-order valence-electron chi connectivity index (χ4n) is 1.35. The molecule has 106 valence electrons. The lowest BCUT2D eigenvalue weighted by Crippen LogP contribution is -2.38. The maximum absolute atomic E-state index is 11.8. The second-order valence-electron chi connectivity index (χ2n) is 3.98. The number of halogens is 1. The van der Waals surface area contributed by atoms with Gasteiger partial charge in [-0.05, 0) is 12.8 Å². The number of aliphatic carboxylic acids is 2. The molecule has 0 aromatic rings. The smallest absolute Gasteiger partial charge is 0.332 e. The number of alkyl halides is 1. The minimum atomic E-state index is -1.26. The molecule has 0 aromatic carbocycles. The van der Waals surface area contributed by atoms with Crippen molar-refractivity contribution in [1.82, 2.24) is 0 Å². The summed E-state index contributed by atoms with van der Waals surface area (Å²) in [5, 5.41) is 17.4. The number of hydrogen-bond donors (Lipinski definition) is 3. The van der Waals surface area contributed by atoms with Gasteiger partial charge in [0.1, 0.15) is 6.04 Å². The third-order valence-corrected chi connectivity index (χ3v) is 2.41. The lowest BCUT2D eigenvalue weighted by molar-refractivity contribution is -0.152. The standard InChI is InChI=1S/C11H20FNO5/c12-5-3-1-2-4-6-18-9(11(16)17)7-8(13)10(14)15/h8-9H,1-7,13H2,(H,14,15)(H,16,17)/i12-1. The zero-order chi connectivity index (χ0) is 14.0. The second kappa shape index (κ2) is 9.78. The molecule has 0 spiro atoms. The molecule has 0 aliphatic rings.